The zero-order valence-corrected chi connectivity index (χ0v) is 12.5. The molecule has 21 heavy (non-hydrogen) atoms. The number of nitrogens with two attached hydrogens (primary N) is 1. The molecule has 0 aliphatic heterocycles. The highest BCUT2D eigenvalue weighted by Gasteiger charge is 2.15. The molecule has 2 aromatic rings. The minimum atomic E-state index is -0.510. The standard InChI is InChI=1S/C17H17F2NS/c18-15-8-11(6-7-20)9-16(19)17(15)21-14-5-4-12-2-1-3-13(12)10-14/h4-5,8-10H,1-3,6-7,20H2. The van der Waals surface area contributed by atoms with E-state index in [4.69, 9.17) is 5.73 Å². The number of halogens is 2. The van der Waals surface area contributed by atoms with E-state index in [9.17, 15) is 8.78 Å². The number of hydrogen-bond donors (Lipinski definition) is 1. The summed E-state index contributed by atoms with van der Waals surface area (Å²) in [6.45, 7) is 0.385. The Morgan fingerprint density at radius 1 is 1.00 bits per heavy atom. The Hall–Kier alpha value is -1.39. The monoisotopic (exact) mass is 305 g/mol. The molecule has 0 bridgehead atoms. The van der Waals surface area contributed by atoms with Gasteiger partial charge in [0.25, 0.3) is 0 Å². The molecular formula is C17H17F2NS. The Morgan fingerprint density at radius 3 is 2.43 bits per heavy atom. The highest BCUT2D eigenvalue weighted by molar-refractivity contribution is 7.99. The Bertz CT molecular complexity index is 647. The molecule has 0 radical (unpaired) electrons. The van der Waals surface area contributed by atoms with E-state index < -0.39 is 11.6 Å². The van der Waals surface area contributed by atoms with E-state index in [1.54, 1.807) is 0 Å². The van der Waals surface area contributed by atoms with Gasteiger partial charge in [0.2, 0.25) is 0 Å². The van der Waals surface area contributed by atoms with E-state index >= 15 is 0 Å². The van der Waals surface area contributed by atoms with Crippen molar-refractivity contribution in [2.75, 3.05) is 6.54 Å². The predicted molar refractivity (Wildman–Crippen MR) is 81.7 cm³/mol. The molecule has 1 aliphatic rings. The maximum Gasteiger partial charge on any atom is 0.140 e. The van der Waals surface area contributed by atoms with Gasteiger partial charge in [0.1, 0.15) is 11.6 Å². The third-order valence-electron chi connectivity index (χ3n) is 3.78. The van der Waals surface area contributed by atoms with Crippen molar-refractivity contribution in [2.24, 2.45) is 5.73 Å². The topological polar surface area (TPSA) is 26.0 Å². The van der Waals surface area contributed by atoms with Crippen molar-refractivity contribution in [1.29, 1.82) is 0 Å². The average molecular weight is 305 g/mol. The first kappa shape index (κ1) is 14.5. The van der Waals surface area contributed by atoms with Gasteiger partial charge in [-0.2, -0.15) is 0 Å². The van der Waals surface area contributed by atoms with Crippen molar-refractivity contribution in [2.45, 2.75) is 35.5 Å². The fraction of sp³-hybridized carbons (Fsp3) is 0.294. The SMILES string of the molecule is NCCc1cc(F)c(Sc2ccc3c(c2)CCC3)c(F)c1. The van der Waals surface area contributed by atoms with Crippen molar-refractivity contribution in [3.05, 3.63) is 58.7 Å². The average Bonchev–Trinajstić information content (AvgIpc) is 2.91. The lowest BCUT2D eigenvalue weighted by Gasteiger charge is -2.09. The Balaban J connectivity index is 1.87. The van der Waals surface area contributed by atoms with Crippen LogP contribution < -0.4 is 5.73 Å². The van der Waals surface area contributed by atoms with Gasteiger partial charge in [-0.05, 0) is 73.2 Å². The highest BCUT2D eigenvalue weighted by atomic mass is 32.2. The molecule has 0 saturated heterocycles. The number of hydrogen-bond acceptors (Lipinski definition) is 2. The minimum absolute atomic E-state index is 0.0636. The Morgan fingerprint density at radius 2 is 1.71 bits per heavy atom. The summed E-state index contributed by atoms with van der Waals surface area (Å²) < 4.78 is 28.2. The molecule has 110 valence electrons. The van der Waals surface area contributed by atoms with Gasteiger partial charge in [-0.3, -0.25) is 0 Å². The normalized spacial score (nSPS) is 13.5. The number of rotatable bonds is 4. The van der Waals surface area contributed by atoms with Crippen molar-refractivity contribution in [1.82, 2.24) is 0 Å². The minimum Gasteiger partial charge on any atom is -0.330 e. The fourth-order valence-corrected chi connectivity index (χ4v) is 3.64. The second-order valence-corrected chi connectivity index (χ2v) is 6.40. The van der Waals surface area contributed by atoms with Gasteiger partial charge in [0.05, 0.1) is 4.90 Å². The summed E-state index contributed by atoms with van der Waals surface area (Å²) in [5.74, 6) is -1.02. The van der Waals surface area contributed by atoms with Crippen LogP contribution in [0, 0.1) is 11.6 Å². The molecule has 0 heterocycles. The Labute approximate surface area is 127 Å². The summed E-state index contributed by atoms with van der Waals surface area (Å²) in [4.78, 5) is 0.953. The smallest absolute Gasteiger partial charge is 0.140 e. The van der Waals surface area contributed by atoms with Crippen molar-refractivity contribution in [3.8, 4) is 0 Å². The first-order valence-electron chi connectivity index (χ1n) is 7.15. The van der Waals surface area contributed by atoms with Crippen molar-refractivity contribution >= 4 is 11.8 Å². The molecular weight excluding hydrogens is 288 g/mol. The molecule has 1 aliphatic carbocycles. The summed E-state index contributed by atoms with van der Waals surface area (Å²) in [6.07, 6.45) is 3.82. The molecule has 0 atom stereocenters. The molecule has 0 unspecified atom stereocenters. The van der Waals surface area contributed by atoms with Crippen LogP contribution >= 0.6 is 11.8 Å². The highest BCUT2D eigenvalue weighted by Crippen LogP contribution is 2.35. The molecule has 0 aromatic heterocycles. The molecule has 0 saturated carbocycles. The lowest BCUT2D eigenvalue weighted by Crippen LogP contribution is -2.04. The van der Waals surface area contributed by atoms with Crippen LogP contribution in [0.4, 0.5) is 8.78 Å². The van der Waals surface area contributed by atoms with Gasteiger partial charge in [-0.15, -0.1) is 0 Å². The predicted octanol–water partition coefficient (Wildman–Crippen LogP) is 4.11. The summed E-state index contributed by atoms with van der Waals surface area (Å²) in [7, 11) is 0. The van der Waals surface area contributed by atoms with Crippen LogP contribution in [0.25, 0.3) is 0 Å². The molecule has 3 rings (SSSR count). The molecule has 0 fully saturated rings. The quantitative estimate of drug-likeness (QED) is 0.920. The van der Waals surface area contributed by atoms with Crippen LogP contribution in [0.2, 0.25) is 0 Å². The van der Waals surface area contributed by atoms with Gasteiger partial charge in [0.15, 0.2) is 0 Å². The second-order valence-electron chi connectivity index (χ2n) is 5.31. The molecule has 2 N–H and O–H groups in total. The number of benzene rings is 2. The van der Waals surface area contributed by atoms with E-state index in [0.29, 0.717) is 18.5 Å². The van der Waals surface area contributed by atoms with E-state index in [1.807, 2.05) is 6.07 Å². The van der Waals surface area contributed by atoms with E-state index in [0.717, 1.165) is 29.5 Å². The summed E-state index contributed by atoms with van der Waals surface area (Å²) >= 11 is 1.15. The van der Waals surface area contributed by atoms with Crippen LogP contribution in [0.15, 0.2) is 40.1 Å². The lowest BCUT2D eigenvalue weighted by atomic mass is 10.1. The van der Waals surface area contributed by atoms with Crippen LogP contribution in [0.3, 0.4) is 0 Å². The summed E-state index contributed by atoms with van der Waals surface area (Å²) in [5, 5.41) is 0. The molecule has 2 aromatic carbocycles. The fourth-order valence-electron chi connectivity index (χ4n) is 2.75. The summed E-state index contributed by atoms with van der Waals surface area (Å²) in [6, 6.07) is 8.84. The van der Waals surface area contributed by atoms with E-state index in [1.165, 1.54) is 29.7 Å². The zero-order chi connectivity index (χ0) is 14.8. The molecule has 0 amide bonds. The third-order valence-corrected chi connectivity index (χ3v) is 4.86. The van der Waals surface area contributed by atoms with E-state index in [2.05, 4.69) is 12.1 Å². The Kier molecular flexibility index (Phi) is 4.27. The number of aryl methyl sites for hydroxylation is 2. The second kappa shape index (κ2) is 6.16. The number of fused-ring (bicyclic) bond motifs is 1. The third kappa shape index (κ3) is 3.11. The van der Waals surface area contributed by atoms with Gasteiger partial charge in [-0.25, -0.2) is 8.78 Å². The summed E-state index contributed by atoms with van der Waals surface area (Å²) in [5.41, 5.74) is 8.69. The first-order chi connectivity index (χ1) is 10.2. The van der Waals surface area contributed by atoms with Crippen LogP contribution in [-0.2, 0) is 19.3 Å². The van der Waals surface area contributed by atoms with Crippen molar-refractivity contribution in [3.63, 3.8) is 0 Å². The van der Waals surface area contributed by atoms with Gasteiger partial charge in [0, 0.05) is 4.90 Å². The molecule has 0 spiro atoms. The van der Waals surface area contributed by atoms with E-state index in [-0.39, 0.29) is 4.90 Å². The molecule has 4 heteroatoms. The maximum atomic E-state index is 14.1. The van der Waals surface area contributed by atoms with Crippen LogP contribution in [-0.4, -0.2) is 6.54 Å². The molecule has 1 nitrogen and oxygen atoms in total. The maximum absolute atomic E-state index is 14.1. The first-order valence-corrected chi connectivity index (χ1v) is 7.96. The largest absolute Gasteiger partial charge is 0.330 e. The van der Waals surface area contributed by atoms with Crippen LogP contribution in [0.1, 0.15) is 23.1 Å². The zero-order valence-electron chi connectivity index (χ0n) is 11.7. The van der Waals surface area contributed by atoms with Gasteiger partial charge >= 0.3 is 0 Å². The van der Waals surface area contributed by atoms with Gasteiger partial charge in [-0.1, -0.05) is 17.8 Å². The van der Waals surface area contributed by atoms with Crippen LogP contribution in [0.5, 0.6) is 0 Å². The lowest BCUT2D eigenvalue weighted by molar-refractivity contribution is 0.537. The van der Waals surface area contributed by atoms with Gasteiger partial charge < -0.3 is 5.73 Å². The van der Waals surface area contributed by atoms with Crippen molar-refractivity contribution < 1.29 is 8.78 Å².